The fourth-order valence-corrected chi connectivity index (χ4v) is 3.82. The molecule has 2 fully saturated rings. The van der Waals surface area contributed by atoms with Crippen LogP contribution in [0.1, 0.15) is 26.2 Å². The van der Waals surface area contributed by atoms with E-state index >= 15 is 0 Å². The van der Waals surface area contributed by atoms with Crippen molar-refractivity contribution in [2.75, 3.05) is 51.7 Å². The van der Waals surface area contributed by atoms with Gasteiger partial charge in [0.25, 0.3) is 0 Å². The van der Waals surface area contributed by atoms with Crippen molar-refractivity contribution in [3.63, 3.8) is 0 Å². The lowest BCUT2D eigenvalue weighted by Gasteiger charge is -2.38. The van der Waals surface area contributed by atoms with Gasteiger partial charge in [0.15, 0.2) is 0 Å². The van der Waals surface area contributed by atoms with Gasteiger partial charge < -0.3 is 19.9 Å². The number of anilines is 1. The first-order valence-corrected chi connectivity index (χ1v) is 9.89. The second kappa shape index (κ2) is 9.23. The van der Waals surface area contributed by atoms with Gasteiger partial charge in [0.05, 0.1) is 19.3 Å². The predicted octanol–water partition coefficient (Wildman–Crippen LogP) is 2.38. The summed E-state index contributed by atoms with van der Waals surface area (Å²) in [5.41, 5.74) is 0.436. The third-order valence-electron chi connectivity index (χ3n) is 5.55. The van der Waals surface area contributed by atoms with E-state index in [1.165, 1.54) is 31.7 Å². The van der Waals surface area contributed by atoms with Crippen LogP contribution in [0.25, 0.3) is 0 Å². The Morgan fingerprint density at radius 1 is 1.18 bits per heavy atom. The molecule has 2 saturated heterocycles. The molecule has 3 rings (SSSR count). The van der Waals surface area contributed by atoms with Crippen molar-refractivity contribution < 1.29 is 18.7 Å². The zero-order valence-electron chi connectivity index (χ0n) is 16.6. The largest absolute Gasteiger partial charge is 0.494 e. The molecule has 8 heteroatoms. The number of piperazine rings is 1. The number of amides is 3. The third kappa shape index (κ3) is 4.92. The van der Waals surface area contributed by atoms with Gasteiger partial charge in [-0.2, -0.15) is 0 Å². The molecule has 1 aromatic carbocycles. The number of likely N-dealkylation sites (tertiary alicyclic amines) is 1. The van der Waals surface area contributed by atoms with E-state index in [0.29, 0.717) is 44.5 Å². The van der Waals surface area contributed by atoms with Crippen molar-refractivity contribution in [1.29, 1.82) is 0 Å². The average Bonchev–Trinajstić information content (AvgIpc) is 2.70. The summed E-state index contributed by atoms with van der Waals surface area (Å²) >= 11 is 0. The fourth-order valence-electron chi connectivity index (χ4n) is 3.82. The fraction of sp³-hybridized carbons (Fsp3) is 0.600. The smallest absolute Gasteiger partial charge is 0.322 e. The first kappa shape index (κ1) is 20.4. The maximum atomic E-state index is 13.3. The number of carbonyl (C=O) groups excluding carboxylic acids is 2. The lowest BCUT2D eigenvalue weighted by atomic mass is 10.0. The number of ether oxygens (including phenoxy) is 1. The molecular weight excluding hydrogens is 363 g/mol. The van der Waals surface area contributed by atoms with Crippen LogP contribution in [0.2, 0.25) is 0 Å². The van der Waals surface area contributed by atoms with Crippen molar-refractivity contribution in [1.82, 2.24) is 14.7 Å². The number of benzene rings is 1. The Morgan fingerprint density at radius 2 is 1.93 bits per heavy atom. The Labute approximate surface area is 165 Å². The number of nitrogens with one attached hydrogen (secondary N) is 1. The van der Waals surface area contributed by atoms with Crippen LogP contribution < -0.4 is 10.1 Å². The van der Waals surface area contributed by atoms with Crippen molar-refractivity contribution in [2.45, 2.75) is 32.2 Å². The average molecular weight is 392 g/mol. The molecule has 0 spiro atoms. The second-order valence-electron chi connectivity index (χ2n) is 7.47. The summed E-state index contributed by atoms with van der Waals surface area (Å²) in [5, 5.41) is 2.77. The Hall–Kier alpha value is -2.35. The maximum absolute atomic E-state index is 13.3. The van der Waals surface area contributed by atoms with E-state index in [1.807, 2.05) is 4.90 Å². The van der Waals surface area contributed by atoms with Gasteiger partial charge >= 0.3 is 6.03 Å². The lowest BCUT2D eigenvalue weighted by Crippen LogP contribution is -2.53. The molecule has 0 radical (unpaired) electrons. The SMILES string of the molecule is COc1cc(F)ccc1NC(=O)N1CCN(CC(=O)N2CCCCC2C)CC1. The normalized spacial score (nSPS) is 20.8. The number of methoxy groups -OCH3 is 1. The van der Waals surface area contributed by atoms with E-state index in [9.17, 15) is 14.0 Å². The Balaban J connectivity index is 1.48. The molecule has 2 aliphatic heterocycles. The summed E-state index contributed by atoms with van der Waals surface area (Å²) in [6, 6.07) is 4.07. The Kier molecular flexibility index (Phi) is 6.72. The van der Waals surface area contributed by atoms with E-state index in [0.717, 1.165) is 19.4 Å². The number of piperidine rings is 1. The van der Waals surface area contributed by atoms with Crippen LogP contribution >= 0.6 is 0 Å². The number of hydrogen-bond donors (Lipinski definition) is 1. The number of rotatable bonds is 4. The molecule has 2 heterocycles. The van der Waals surface area contributed by atoms with Crippen LogP contribution in [-0.2, 0) is 4.79 Å². The van der Waals surface area contributed by atoms with Crippen molar-refractivity contribution in [2.24, 2.45) is 0 Å². The minimum Gasteiger partial charge on any atom is -0.494 e. The lowest BCUT2D eigenvalue weighted by molar-refractivity contribution is -0.136. The summed E-state index contributed by atoms with van der Waals surface area (Å²) in [7, 11) is 1.43. The highest BCUT2D eigenvalue weighted by Crippen LogP contribution is 2.25. The van der Waals surface area contributed by atoms with E-state index in [4.69, 9.17) is 4.74 Å². The van der Waals surface area contributed by atoms with E-state index in [2.05, 4.69) is 17.1 Å². The molecule has 3 amide bonds. The highest BCUT2D eigenvalue weighted by atomic mass is 19.1. The van der Waals surface area contributed by atoms with Crippen LogP contribution in [0, 0.1) is 5.82 Å². The molecule has 1 N–H and O–H groups in total. The molecular formula is C20H29FN4O3. The molecule has 1 aromatic rings. The molecule has 2 aliphatic rings. The van der Waals surface area contributed by atoms with Gasteiger partial charge in [-0.3, -0.25) is 9.69 Å². The first-order valence-electron chi connectivity index (χ1n) is 9.89. The maximum Gasteiger partial charge on any atom is 0.322 e. The standard InChI is InChI=1S/C20H29FN4O3/c1-15-5-3-4-8-25(15)19(26)14-23-9-11-24(12-10-23)20(27)22-17-7-6-16(21)13-18(17)28-2/h6-7,13,15H,3-5,8-12,14H2,1-2H3,(H,22,27). The quantitative estimate of drug-likeness (QED) is 0.855. The molecule has 154 valence electrons. The minimum absolute atomic E-state index is 0.182. The summed E-state index contributed by atoms with van der Waals surface area (Å²) < 4.78 is 18.4. The van der Waals surface area contributed by atoms with Gasteiger partial charge in [0.2, 0.25) is 5.91 Å². The Morgan fingerprint density at radius 3 is 2.61 bits per heavy atom. The minimum atomic E-state index is -0.420. The summed E-state index contributed by atoms with van der Waals surface area (Å²) in [6.45, 7) is 5.76. The van der Waals surface area contributed by atoms with Gasteiger partial charge in [-0.1, -0.05) is 0 Å². The van der Waals surface area contributed by atoms with Gasteiger partial charge in [0.1, 0.15) is 11.6 Å². The van der Waals surface area contributed by atoms with Gasteiger partial charge in [-0.05, 0) is 38.3 Å². The number of nitrogens with zero attached hydrogens (tertiary/aromatic N) is 3. The van der Waals surface area contributed by atoms with Gasteiger partial charge in [-0.25, -0.2) is 9.18 Å². The van der Waals surface area contributed by atoms with E-state index in [1.54, 1.807) is 4.90 Å². The highest BCUT2D eigenvalue weighted by Gasteiger charge is 2.27. The van der Waals surface area contributed by atoms with Crippen LogP contribution in [0.3, 0.4) is 0 Å². The number of hydrogen-bond acceptors (Lipinski definition) is 4. The second-order valence-corrected chi connectivity index (χ2v) is 7.47. The molecule has 1 unspecified atom stereocenters. The first-order chi connectivity index (χ1) is 13.5. The summed E-state index contributed by atoms with van der Waals surface area (Å²) in [6.07, 6.45) is 3.35. The van der Waals surface area contributed by atoms with E-state index in [-0.39, 0.29) is 17.7 Å². The molecule has 0 bridgehead atoms. The van der Waals surface area contributed by atoms with Crippen molar-refractivity contribution in [3.05, 3.63) is 24.0 Å². The predicted molar refractivity (Wildman–Crippen MR) is 105 cm³/mol. The monoisotopic (exact) mass is 392 g/mol. The molecule has 1 atom stereocenters. The van der Waals surface area contributed by atoms with Crippen LogP contribution in [-0.4, -0.2) is 79.1 Å². The zero-order valence-corrected chi connectivity index (χ0v) is 16.6. The third-order valence-corrected chi connectivity index (χ3v) is 5.55. The zero-order chi connectivity index (χ0) is 20.1. The molecule has 28 heavy (non-hydrogen) atoms. The van der Waals surface area contributed by atoms with Crippen molar-refractivity contribution in [3.8, 4) is 5.75 Å². The number of urea groups is 1. The van der Waals surface area contributed by atoms with Crippen molar-refractivity contribution >= 4 is 17.6 Å². The van der Waals surface area contributed by atoms with Crippen LogP contribution in [0.5, 0.6) is 5.75 Å². The van der Waals surface area contributed by atoms with Crippen LogP contribution in [0.4, 0.5) is 14.9 Å². The van der Waals surface area contributed by atoms with Gasteiger partial charge in [-0.15, -0.1) is 0 Å². The topological polar surface area (TPSA) is 65.1 Å². The highest BCUT2D eigenvalue weighted by molar-refractivity contribution is 5.91. The number of carbonyl (C=O) groups is 2. The van der Waals surface area contributed by atoms with E-state index < -0.39 is 5.82 Å². The summed E-state index contributed by atoms with van der Waals surface area (Å²) in [5.74, 6) is 0.0468. The molecule has 0 aliphatic carbocycles. The molecule has 0 saturated carbocycles. The van der Waals surface area contributed by atoms with Crippen LogP contribution in [0.15, 0.2) is 18.2 Å². The molecule has 0 aromatic heterocycles. The summed E-state index contributed by atoms with van der Waals surface area (Å²) in [4.78, 5) is 30.9. The number of halogens is 1. The Bertz CT molecular complexity index is 707. The molecule has 7 nitrogen and oxygen atoms in total. The van der Waals surface area contributed by atoms with Gasteiger partial charge in [0, 0.05) is 44.8 Å².